The molecular formula is C11H11FN2O. The number of hydrogen-bond donors (Lipinski definition) is 1. The molecule has 0 aliphatic carbocycles. The summed E-state index contributed by atoms with van der Waals surface area (Å²) in [6.45, 7) is 3.36. The number of amides is 1. The van der Waals surface area contributed by atoms with E-state index >= 15 is 0 Å². The topological polar surface area (TPSA) is 42.0 Å². The summed E-state index contributed by atoms with van der Waals surface area (Å²) in [6.07, 6.45) is 7.52. The van der Waals surface area contributed by atoms with E-state index in [1.54, 1.807) is 13.8 Å². The van der Waals surface area contributed by atoms with Gasteiger partial charge in [-0.05, 0) is 19.9 Å². The van der Waals surface area contributed by atoms with Crippen LogP contribution in [0.5, 0.6) is 0 Å². The fraction of sp³-hybridized carbons (Fsp3) is 0.273. The molecule has 1 aromatic heterocycles. The van der Waals surface area contributed by atoms with E-state index in [0.29, 0.717) is 0 Å². The summed E-state index contributed by atoms with van der Waals surface area (Å²) in [6, 6.07) is 1.11. The molecule has 0 aliphatic heterocycles. The number of nitrogens with one attached hydrogen (secondary N) is 1. The molecule has 78 valence electrons. The van der Waals surface area contributed by atoms with E-state index in [0.717, 1.165) is 12.3 Å². The third kappa shape index (κ3) is 3.06. The average molecular weight is 206 g/mol. The minimum Gasteiger partial charge on any atom is -0.336 e. The molecule has 15 heavy (non-hydrogen) atoms. The number of pyridine rings is 1. The molecule has 1 amide bonds. The quantitative estimate of drug-likeness (QED) is 0.742. The molecule has 0 aliphatic rings. The van der Waals surface area contributed by atoms with Crippen molar-refractivity contribution >= 4 is 5.91 Å². The summed E-state index contributed by atoms with van der Waals surface area (Å²) >= 11 is 0. The van der Waals surface area contributed by atoms with E-state index in [4.69, 9.17) is 6.42 Å². The largest absolute Gasteiger partial charge is 0.336 e. The van der Waals surface area contributed by atoms with Gasteiger partial charge < -0.3 is 5.32 Å². The van der Waals surface area contributed by atoms with Crippen molar-refractivity contribution in [1.29, 1.82) is 0 Å². The normalized spacial score (nSPS) is 10.5. The Bertz CT molecular complexity index is 421. The van der Waals surface area contributed by atoms with Gasteiger partial charge in [0.25, 0.3) is 5.91 Å². The first-order valence-corrected chi connectivity index (χ1v) is 4.35. The molecule has 1 rings (SSSR count). The Morgan fingerprint density at radius 1 is 1.60 bits per heavy atom. The van der Waals surface area contributed by atoms with Gasteiger partial charge in [0.05, 0.1) is 17.3 Å². The molecule has 4 heteroatoms. The van der Waals surface area contributed by atoms with E-state index in [1.165, 1.54) is 6.20 Å². The molecule has 0 spiro atoms. The Labute approximate surface area is 87.7 Å². The second-order valence-electron chi connectivity index (χ2n) is 3.62. The first-order valence-electron chi connectivity index (χ1n) is 4.35. The smallest absolute Gasteiger partial charge is 0.254 e. The Kier molecular flexibility index (Phi) is 3.05. The zero-order valence-corrected chi connectivity index (χ0v) is 8.54. The Balaban J connectivity index is 2.84. The molecule has 0 aromatic carbocycles. The van der Waals surface area contributed by atoms with Crippen LogP contribution in [0.1, 0.15) is 24.2 Å². The van der Waals surface area contributed by atoms with Crippen molar-refractivity contribution in [2.24, 2.45) is 0 Å². The van der Waals surface area contributed by atoms with E-state index < -0.39 is 17.3 Å². The van der Waals surface area contributed by atoms with Crippen molar-refractivity contribution in [3.8, 4) is 12.3 Å². The van der Waals surface area contributed by atoms with Crippen LogP contribution in [0, 0.1) is 18.2 Å². The lowest BCUT2D eigenvalue weighted by molar-refractivity contribution is 0.0929. The first kappa shape index (κ1) is 11.2. The molecule has 0 saturated heterocycles. The third-order valence-electron chi connectivity index (χ3n) is 1.75. The van der Waals surface area contributed by atoms with Gasteiger partial charge in [0.15, 0.2) is 0 Å². The summed E-state index contributed by atoms with van der Waals surface area (Å²) in [5.41, 5.74) is -0.609. The summed E-state index contributed by atoms with van der Waals surface area (Å²) in [5, 5.41) is 2.57. The molecule has 0 saturated carbocycles. The van der Waals surface area contributed by atoms with E-state index in [-0.39, 0.29) is 5.56 Å². The summed E-state index contributed by atoms with van der Waals surface area (Å²) in [7, 11) is 0. The number of nitrogens with zero attached hydrogens (tertiary/aromatic N) is 1. The molecular weight excluding hydrogens is 195 g/mol. The fourth-order valence-corrected chi connectivity index (χ4v) is 0.928. The van der Waals surface area contributed by atoms with Gasteiger partial charge in [-0.25, -0.2) is 4.39 Å². The van der Waals surface area contributed by atoms with Crippen molar-refractivity contribution in [2.45, 2.75) is 19.4 Å². The van der Waals surface area contributed by atoms with Crippen LogP contribution in [0.15, 0.2) is 18.5 Å². The van der Waals surface area contributed by atoms with Gasteiger partial charge in [-0.15, -0.1) is 6.42 Å². The lowest BCUT2D eigenvalue weighted by atomic mass is 10.1. The number of hydrogen-bond acceptors (Lipinski definition) is 2. The van der Waals surface area contributed by atoms with Gasteiger partial charge in [-0.3, -0.25) is 9.78 Å². The van der Waals surface area contributed by atoms with Crippen LogP contribution < -0.4 is 5.32 Å². The molecule has 1 N–H and O–H groups in total. The Morgan fingerprint density at radius 2 is 2.27 bits per heavy atom. The third-order valence-corrected chi connectivity index (χ3v) is 1.75. The van der Waals surface area contributed by atoms with Crippen LogP contribution in [0.25, 0.3) is 0 Å². The average Bonchev–Trinajstić information content (AvgIpc) is 2.17. The predicted molar refractivity (Wildman–Crippen MR) is 54.6 cm³/mol. The first-order chi connectivity index (χ1) is 6.94. The summed E-state index contributed by atoms with van der Waals surface area (Å²) < 4.78 is 12.8. The second-order valence-corrected chi connectivity index (χ2v) is 3.62. The van der Waals surface area contributed by atoms with Gasteiger partial charge in [-0.2, -0.15) is 0 Å². The monoisotopic (exact) mass is 206 g/mol. The molecule has 3 nitrogen and oxygen atoms in total. The number of terminal acetylenes is 1. The Hall–Kier alpha value is -1.89. The highest BCUT2D eigenvalue weighted by Crippen LogP contribution is 2.05. The number of halogens is 1. The van der Waals surface area contributed by atoms with Crippen LogP contribution in [0.3, 0.4) is 0 Å². The van der Waals surface area contributed by atoms with E-state index in [2.05, 4.69) is 16.2 Å². The van der Waals surface area contributed by atoms with Gasteiger partial charge in [-0.1, -0.05) is 5.92 Å². The van der Waals surface area contributed by atoms with Crippen LogP contribution in [0.4, 0.5) is 4.39 Å². The van der Waals surface area contributed by atoms with Gasteiger partial charge in [0.1, 0.15) is 5.82 Å². The van der Waals surface area contributed by atoms with Gasteiger partial charge >= 0.3 is 0 Å². The standard InChI is InChI=1S/C11H11FN2O/c1-4-11(2,3)14-10(15)8-5-9(12)7-13-6-8/h1,5-7H,2-3H3,(H,14,15). The maximum Gasteiger partial charge on any atom is 0.254 e. The van der Waals surface area contributed by atoms with Crippen molar-refractivity contribution in [3.63, 3.8) is 0 Å². The molecule has 0 bridgehead atoms. The highest BCUT2D eigenvalue weighted by Gasteiger charge is 2.18. The number of rotatable bonds is 2. The number of carbonyl (C=O) groups excluding carboxylic acids is 1. The van der Waals surface area contributed by atoms with Gasteiger partial charge in [0.2, 0.25) is 0 Å². The van der Waals surface area contributed by atoms with Crippen molar-refractivity contribution in [2.75, 3.05) is 0 Å². The van der Waals surface area contributed by atoms with Crippen molar-refractivity contribution in [1.82, 2.24) is 10.3 Å². The molecule has 0 radical (unpaired) electrons. The molecule has 0 unspecified atom stereocenters. The highest BCUT2D eigenvalue weighted by molar-refractivity contribution is 5.94. The SMILES string of the molecule is C#CC(C)(C)NC(=O)c1cncc(F)c1. The molecule has 0 atom stereocenters. The second kappa shape index (κ2) is 4.09. The van der Waals surface area contributed by atoms with E-state index in [1.807, 2.05) is 0 Å². The maximum absolute atomic E-state index is 12.8. The lowest BCUT2D eigenvalue weighted by Crippen LogP contribution is -2.42. The number of carbonyl (C=O) groups is 1. The summed E-state index contributed by atoms with van der Waals surface area (Å²) in [4.78, 5) is 15.1. The van der Waals surface area contributed by atoms with Gasteiger partial charge in [0, 0.05) is 6.20 Å². The Morgan fingerprint density at radius 3 is 2.80 bits per heavy atom. The van der Waals surface area contributed by atoms with Crippen LogP contribution in [0.2, 0.25) is 0 Å². The minimum atomic E-state index is -0.761. The molecule has 1 heterocycles. The highest BCUT2D eigenvalue weighted by atomic mass is 19.1. The maximum atomic E-state index is 12.8. The summed E-state index contributed by atoms with van der Waals surface area (Å²) in [5.74, 6) is 1.42. The lowest BCUT2D eigenvalue weighted by Gasteiger charge is -2.19. The fourth-order valence-electron chi connectivity index (χ4n) is 0.928. The molecule has 1 aromatic rings. The van der Waals surface area contributed by atoms with Crippen LogP contribution in [-0.2, 0) is 0 Å². The van der Waals surface area contributed by atoms with Crippen LogP contribution >= 0.6 is 0 Å². The van der Waals surface area contributed by atoms with Crippen LogP contribution in [-0.4, -0.2) is 16.4 Å². The van der Waals surface area contributed by atoms with Crippen molar-refractivity contribution in [3.05, 3.63) is 29.8 Å². The number of aromatic nitrogens is 1. The van der Waals surface area contributed by atoms with E-state index in [9.17, 15) is 9.18 Å². The minimum absolute atomic E-state index is 0.151. The molecule has 0 fully saturated rings. The zero-order valence-electron chi connectivity index (χ0n) is 8.54. The predicted octanol–water partition coefficient (Wildman–Crippen LogP) is 1.36. The zero-order chi connectivity index (χ0) is 11.5. The van der Waals surface area contributed by atoms with Crippen molar-refractivity contribution < 1.29 is 9.18 Å².